The molecule has 0 aliphatic heterocycles. The first kappa shape index (κ1) is 6.32. The Hall–Kier alpha value is -0.680. The third kappa shape index (κ3) is 5.32. The maximum atomic E-state index is 9.19. The van der Waals surface area contributed by atoms with Gasteiger partial charge in [-0.3, -0.25) is 0 Å². The van der Waals surface area contributed by atoms with E-state index in [0.29, 0.717) is 0 Å². The topological polar surface area (TPSA) is 26.3 Å². The molecule has 0 fully saturated rings. The number of carbonyl (C=O) groups excluding carboxylic acids is 1. The zero-order valence-electron chi connectivity index (χ0n) is 3.40. The van der Waals surface area contributed by atoms with Crippen molar-refractivity contribution >= 4 is 18.1 Å². The smallest absolute Gasteiger partial charge is 0.364 e. The molecule has 0 aromatic rings. The highest BCUT2D eigenvalue weighted by Gasteiger charge is 1.65. The van der Waals surface area contributed by atoms with Gasteiger partial charge in [0.2, 0.25) is 0 Å². The highest BCUT2D eigenvalue weighted by atomic mass is 35.5. The Morgan fingerprint density at radius 3 is 2.86 bits per heavy atom. The lowest BCUT2D eigenvalue weighted by Crippen LogP contribution is -1.72. The Bertz CT molecular complexity index is 100.0. The van der Waals surface area contributed by atoms with Crippen molar-refractivity contribution < 1.29 is 9.53 Å². The molecule has 0 aliphatic rings. The molecule has 0 amide bonds. The SMILES string of the molecule is O=[C]OC#CCCl. The Labute approximate surface area is 46.4 Å². The van der Waals surface area contributed by atoms with Crippen LogP contribution in [0, 0.1) is 12.0 Å². The quantitative estimate of drug-likeness (QED) is 0.364. The van der Waals surface area contributed by atoms with Crippen molar-refractivity contribution in [2.45, 2.75) is 0 Å². The molecule has 0 saturated carbocycles. The largest absolute Gasteiger partial charge is 0.432 e. The van der Waals surface area contributed by atoms with E-state index in [2.05, 4.69) is 10.7 Å². The van der Waals surface area contributed by atoms with Gasteiger partial charge in [0.1, 0.15) is 6.11 Å². The van der Waals surface area contributed by atoms with Crippen LogP contribution in [0.25, 0.3) is 0 Å². The summed E-state index contributed by atoms with van der Waals surface area (Å²) in [6.07, 6.45) is 1.98. The van der Waals surface area contributed by atoms with Gasteiger partial charge in [0, 0.05) is 0 Å². The summed E-state index contributed by atoms with van der Waals surface area (Å²) in [6, 6.07) is 0. The van der Waals surface area contributed by atoms with Crippen LogP contribution in [0.2, 0.25) is 0 Å². The van der Waals surface area contributed by atoms with E-state index in [9.17, 15) is 4.79 Å². The van der Waals surface area contributed by atoms with Crippen LogP contribution in [0.4, 0.5) is 0 Å². The minimum Gasteiger partial charge on any atom is -0.364 e. The average Bonchev–Trinajstić information content (AvgIpc) is 1.69. The zero-order chi connectivity index (χ0) is 5.54. The molecule has 0 aromatic heterocycles. The zero-order valence-corrected chi connectivity index (χ0v) is 4.16. The molecular formula is C4H2ClO2. The summed E-state index contributed by atoms with van der Waals surface area (Å²) in [7, 11) is 0. The molecule has 0 aliphatic carbocycles. The number of hydrogen-bond donors (Lipinski definition) is 0. The normalized spacial score (nSPS) is 5.86. The molecule has 1 radical (unpaired) electrons. The lowest BCUT2D eigenvalue weighted by atomic mass is 10.8. The molecule has 3 heteroatoms. The van der Waals surface area contributed by atoms with E-state index >= 15 is 0 Å². The molecule has 0 atom stereocenters. The van der Waals surface area contributed by atoms with Crippen molar-refractivity contribution in [1.82, 2.24) is 0 Å². The highest BCUT2D eigenvalue weighted by Crippen LogP contribution is 1.66. The van der Waals surface area contributed by atoms with Crippen LogP contribution in [0.5, 0.6) is 0 Å². The summed E-state index contributed by atoms with van der Waals surface area (Å²) in [5, 5.41) is 0. The van der Waals surface area contributed by atoms with E-state index in [1.54, 1.807) is 0 Å². The predicted molar refractivity (Wildman–Crippen MR) is 25.3 cm³/mol. The number of ether oxygens (including phenoxy) is 1. The van der Waals surface area contributed by atoms with Crippen molar-refractivity contribution in [3.05, 3.63) is 0 Å². The second-order valence-electron chi connectivity index (χ2n) is 0.598. The minimum absolute atomic E-state index is 0.168. The summed E-state index contributed by atoms with van der Waals surface area (Å²) in [4.78, 5) is 9.19. The first-order chi connectivity index (χ1) is 3.41. The maximum Gasteiger partial charge on any atom is 0.432 e. The number of halogens is 1. The number of hydrogen-bond acceptors (Lipinski definition) is 2. The van der Waals surface area contributed by atoms with Crippen LogP contribution in [-0.4, -0.2) is 12.4 Å². The third-order valence-corrected chi connectivity index (χ3v) is 0.365. The van der Waals surface area contributed by atoms with Crippen LogP contribution in [0.3, 0.4) is 0 Å². The summed E-state index contributed by atoms with van der Waals surface area (Å²) in [6.45, 7) is 1.12. The predicted octanol–water partition coefficient (Wildman–Crippen LogP) is 0.270. The summed E-state index contributed by atoms with van der Waals surface area (Å²) < 4.78 is 3.82. The Morgan fingerprint density at radius 2 is 2.43 bits per heavy atom. The van der Waals surface area contributed by atoms with Crippen LogP contribution in [0.1, 0.15) is 0 Å². The fourth-order valence-corrected chi connectivity index (χ4v) is 0.139. The van der Waals surface area contributed by atoms with Gasteiger partial charge in [0.15, 0.2) is 0 Å². The lowest BCUT2D eigenvalue weighted by Gasteiger charge is -1.67. The van der Waals surface area contributed by atoms with E-state index in [1.807, 2.05) is 6.11 Å². The summed E-state index contributed by atoms with van der Waals surface area (Å²) in [5.41, 5.74) is 0. The molecule has 0 spiro atoms. The Kier molecular flexibility index (Phi) is 4.80. The van der Waals surface area contributed by atoms with E-state index in [0.717, 1.165) is 6.47 Å². The Balaban J connectivity index is 3.06. The molecule has 0 bridgehead atoms. The first-order valence-electron chi connectivity index (χ1n) is 1.48. The van der Waals surface area contributed by atoms with Crippen molar-refractivity contribution in [1.29, 1.82) is 0 Å². The minimum atomic E-state index is 0.168. The fraction of sp³-hybridized carbons (Fsp3) is 0.250. The van der Waals surface area contributed by atoms with Crippen molar-refractivity contribution in [3.63, 3.8) is 0 Å². The van der Waals surface area contributed by atoms with Gasteiger partial charge in [-0.1, -0.05) is 0 Å². The number of rotatable bonds is 1. The molecule has 37 valence electrons. The summed E-state index contributed by atoms with van der Waals surface area (Å²) in [5.74, 6) is 2.45. The molecule has 7 heavy (non-hydrogen) atoms. The molecule has 2 nitrogen and oxygen atoms in total. The fourth-order valence-electron chi connectivity index (χ4n) is 0.0842. The van der Waals surface area contributed by atoms with Crippen molar-refractivity contribution in [2.75, 3.05) is 5.88 Å². The van der Waals surface area contributed by atoms with Crippen LogP contribution in [-0.2, 0) is 9.53 Å². The van der Waals surface area contributed by atoms with Gasteiger partial charge in [-0.05, 0) is 5.92 Å². The second-order valence-corrected chi connectivity index (χ2v) is 0.865. The molecule has 0 N–H and O–H groups in total. The summed E-state index contributed by atoms with van der Waals surface area (Å²) >= 11 is 5.05. The molecule has 0 heterocycles. The van der Waals surface area contributed by atoms with Crippen LogP contribution < -0.4 is 0 Å². The van der Waals surface area contributed by atoms with E-state index in [1.165, 1.54) is 0 Å². The van der Waals surface area contributed by atoms with Crippen molar-refractivity contribution in [3.8, 4) is 12.0 Å². The monoisotopic (exact) mass is 117 g/mol. The lowest BCUT2D eigenvalue weighted by molar-refractivity contribution is 0.420. The molecule has 0 unspecified atom stereocenters. The van der Waals surface area contributed by atoms with Crippen molar-refractivity contribution in [2.24, 2.45) is 0 Å². The molecule has 0 aromatic carbocycles. The third-order valence-electron chi connectivity index (χ3n) is 0.232. The van der Waals surface area contributed by atoms with E-state index < -0.39 is 0 Å². The van der Waals surface area contributed by atoms with Gasteiger partial charge < -0.3 is 4.74 Å². The van der Waals surface area contributed by atoms with Crippen LogP contribution >= 0.6 is 11.6 Å². The molecule has 0 rings (SSSR count). The Morgan fingerprint density at radius 1 is 1.71 bits per heavy atom. The van der Waals surface area contributed by atoms with Gasteiger partial charge in [-0.25, -0.2) is 4.79 Å². The first-order valence-corrected chi connectivity index (χ1v) is 2.02. The van der Waals surface area contributed by atoms with Gasteiger partial charge in [-0.2, -0.15) is 0 Å². The standard InChI is InChI=1S/C4H2ClO2/c5-2-1-3-7-4-6/h2H2. The van der Waals surface area contributed by atoms with Gasteiger partial charge in [0.05, 0.1) is 5.88 Å². The molecular weight excluding hydrogens is 115 g/mol. The number of alkyl halides is 1. The van der Waals surface area contributed by atoms with E-state index in [4.69, 9.17) is 11.6 Å². The van der Waals surface area contributed by atoms with Gasteiger partial charge in [-0.15, -0.1) is 11.6 Å². The second kappa shape index (κ2) is 5.32. The van der Waals surface area contributed by atoms with Gasteiger partial charge >= 0.3 is 6.47 Å². The molecule has 0 saturated heterocycles. The van der Waals surface area contributed by atoms with E-state index in [-0.39, 0.29) is 5.88 Å². The average molecular weight is 118 g/mol. The maximum absolute atomic E-state index is 9.19. The highest BCUT2D eigenvalue weighted by molar-refractivity contribution is 6.19. The van der Waals surface area contributed by atoms with Gasteiger partial charge in [0.25, 0.3) is 0 Å². The van der Waals surface area contributed by atoms with Crippen LogP contribution in [0.15, 0.2) is 0 Å².